The molecule has 52 heavy (non-hydrogen) atoms. The van der Waals surface area contributed by atoms with Crippen molar-refractivity contribution in [1.82, 2.24) is 0 Å². The summed E-state index contributed by atoms with van der Waals surface area (Å²) in [5, 5.41) is 3.43. The van der Waals surface area contributed by atoms with E-state index in [-0.39, 0.29) is 27.6 Å². The van der Waals surface area contributed by atoms with Crippen LogP contribution in [-0.4, -0.2) is 0 Å². The van der Waals surface area contributed by atoms with E-state index >= 15 is 0 Å². The molecule has 10 aromatic rings. The summed E-state index contributed by atoms with van der Waals surface area (Å²) >= 11 is 0. The van der Waals surface area contributed by atoms with Crippen LogP contribution in [0.3, 0.4) is 0 Å². The van der Waals surface area contributed by atoms with E-state index in [9.17, 15) is 2.74 Å². The van der Waals surface area contributed by atoms with Gasteiger partial charge in [0.15, 0.2) is 0 Å². The van der Waals surface area contributed by atoms with Crippen LogP contribution >= 0.6 is 0 Å². The smallest absolute Gasteiger partial charge is 0.143 e. The van der Waals surface area contributed by atoms with Crippen LogP contribution in [0.15, 0.2) is 204 Å². The van der Waals surface area contributed by atoms with Gasteiger partial charge in [0, 0.05) is 33.4 Å². The topological polar surface area (TPSA) is 16.4 Å². The zero-order chi connectivity index (χ0) is 44.0. The van der Waals surface area contributed by atoms with E-state index in [1.165, 1.54) is 0 Å². The fraction of sp³-hybridized carbons (Fsp3) is 0. The summed E-state index contributed by atoms with van der Waals surface area (Å²) in [6.07, 6.45) is 0. The number of furan rings is 1. The van der Waals surface area contributed by atoms with Crippen molar-refractivity contribution in [3.05, 3.63) is 200 Å². The Balaban J connectivity index is 1.21. The summed E-state index contributed by atoms with van der Waals surface area (Å²) < 4.78 is 105. The first kappa shape index (κ1) is 20.7. The molecule has 0 amide bonds. The van der Waals surface area contributed by atoms with Gasteiger partial charge in [0.25, 0.3) is 0 Å². The molecule has 0 spiro atoms. The average molecular weight is 675 g/mol. The van der Waals surface area contributed by atoms with Crippen LogP contribution in [-0.2, 0) is 0 Å². The minimum absolute atomic E-state index is 0.133. The van der Waals surface area contributed by atoms with Gasteiger partial charge in [-0.1, -0.05) is 158 Å². The molecule has 0 aliphatic carbocycles. The summed E-state index contributed by atoms with van der Waals surface area (Å²) in [6, 6.07) is 36.3. The van der Waals surface area contributed by atoms with Gasteiger partial charge < -0.3 is 9.32 Å². The van der Waals surface area contributed by atoms with Gasteiger partial charge in [-0.25, -0.2) is 0 Å². The fourth-order valence-electron chi connectivity index (χ4n) is 7.01. The van der Waals surface area contributed by atoms with E-state index in [0.717, 1.165) is 49.4 Å². The number of hydrogen-bond donors (Lipinski definition) is 0. The van der Waals surface area contributed by atoms with E-state index < -0.39 is 66.5 Å². The van der Waals surface area contributed by atoms with Gasteiger partial charge in [0.1, 0.15) is 11.2 Å². The van der Waals surface area contributed by atoms with E-state index in [2.05, 4.69) is 6.07 Å². The third kappa shape index (κ3) is 5.12. The molecule has 0 atom stereocenters. The molecule has 2 nitrogen and oxygen atoms in total. The van der Waals surface area contributed by atoms with Crippen molar-refractivity contribution in [2.75, 3.05) is 4.90 Å². The summed E-state index contributed by atoms with van der Waals surface area (Å²) in [7, 11) is 0. The number of fused-ring (bicyclic) bond motifs is 5. The summed E-state index contributed by atoms with van der Waals surface area (Å²) in [6.45, 7) is 0. The first-order chi connectivity index (χ1) is 30.4. The summed E-state index contributed by atoms with van der Waals surface area (Å²) in [5.74, 6) is 0. The molecule has 0 aliphatic rings. The van der Waals surface area contributed by atoms with Gasteiger partial charge >= 0.3 is 0 Å². The fourth-order valence-corrected chi connectivity index (χ4v) is 7.01. The maximum absolute atomic E-state index is 9.83. The number of anilines is 3. The molecule has 10 rings (SSSR count). The lowest BCUT2D eigenvalue weighted by Crippen LogP contribution is -2.10. The second-order valence-corrected chi connectivity index (χ2v) is 12.5. The van der Waals surface area contributed by atoms with Gasteiger partial charge in [0.05, 0.1) is 15.1 Å². The highest BCUT2D eigenvalue weighted by molar-refractivity contribution is 6.09. The molecular weight excluding hydrogens is 631 g/mol. The highest BCUT2D eigenvalue weighted by atomic mass is 16.3. The van der Waals surface area contributed by atoms with E-state index in [1.54, 1.807) is 4.90 Å². The zero-order valence-corrected chi connectivity index (χ0v) is 27.6. The molecule has 244 valence electrons. The normalized spacial score (nSPS) is 14.4. The van der Waals surface area contributed by atoms with E-state index in [0.29, 0.717) is 17.0 Å². The lowest BCUT2D eigenvalue weighted by Gasteiger charge is -2.26. The Hall–Kier alpha value is -6.90. The van der Waals surface area contributed by atoms with Crippen molar-refractivity contribution in [1.29, 1.82) is 0 Å². The molecule has 0 N–H and O–H groups in total. The predicted octanol–water partition coefficient (Wildman–Crippen LogP) is 14.4. The van der Waals surface area contributed by atoms with Crippen LogP contribution < -0.4 is 4.90 Å². The molecule has 9 aromatic carbocycles. The minimum Gasteiger partial charge on any atom is -0.455 e. The van der Waals surface area contributed by atoms with Gasteiger partial charge in [-0.2, -0.15) is 0 Å². The second-order valence-electron chi connectivity index (χ2n) is 12.5. The Morgan fingerprint density at radius 3 is 1.87 bits per heavy atom. The Morgan fingerprint density at radius 2 is 1.02 bits per heavy atom. The lowest BCUT2D eigenvalue weighted by atomic mass is 9.97. The van der Waals surface area contributed by atoms with Gasteiger partial charge in [-0.3, -0.25) is 0 Å². The van der Waals surface area contributed by atoms with Crippen LogP contribution in [0.1, 0.15) is 15.1 Å². The van der Waals surface area contributed by atoms with Crippen LogP contribution in [0.25, 0.3) is 76.9 Å². The summed E-state index contributed by atoms with van der Waals surface area (Å²) in [4.78, 5) is 1.63. The third-order valence-electron chi connectivity index (χ3n) is 9.46. The maximum atomic E-state index is 9.83. The number of hydrogen-bond acceptors (Lipinski definition) is 2. The largest absolute Gasteiger partial charge is 0.455 e. The van der Waals surface area contributed by atoms with Crippen LogP contribution in [0.4, 0.5) is 17.1 Å². The molecule has 0 fully saturated rings. The lowest BCUT2D eigenvalue weighted by molar-refractivity contribution is 0.670. The standard InChI is InChI=1S/C50H33NO/c1-3-17-42-34(11-1)13-8-20-44(42)36-25-29-39(30-26-36)51(41-16-7-15-38(33-41)45-21-9-14-35-12-2-4-18-43(35)45)40-31-27-37(28-32-40)46-22-10-23-48-47-19-5-6-24-49(47)52-50(46)48/h1-33H/i2D,4D,7D,9D,12D,14D,15D,16D,18D,21D,33D. The highest BCUT2D eigenvalue weighted by Gasteiger charge is 2.17. The van der Waals surface area contributed by atoms with Crippen LogP contribution in [0, 0.1) is 0 Å². The highest BCUT2D eigenvalue weighted by Crippen LogP contribution is 2.41. The van der Waals surface area contributed by atoms with Crippen molar-refractivity contribution >= 4 is 60.5 Å². The van der Waals surface area contributed by atoms with Crippen molar-refractivity contribution in [3.8, 4) is 33.4 Å². The monoisotopic (exact) mass is 674 g/mol. The molecule has 0 saturated carbocycles. The van der Waals surface area contributed by atoms with Gasteiger partial charge in [-0.15, -0.1) is 0 Å². The Labute approximate surface area is 317 Å². The predicted molar refractivity (Wildman–Crippen MR) is 220 cm³/mol. The molecule has 0 saturated heterocycles. The molecule has 2 heteroatoms. The molecular formula is C50H33NO. The molecule has 1 aromatic heterocycles. The first-order valence-electron chi connectivity index (χ1n) is 22.4. The Bertz CT molecular complexity index is 3520. The van der Waals surface area contributed by atoms with Crippen molar-refractivity contribution < 1.29 is 19.5 Å². The minimum atomic E-state index is -0.666. The maximum Gasteiger partial charge on any atom is 0.143 e. The van der Waals surface area contributed by atoms with Gasteiger partial charge in [-0.05, 0) is 91.8 Å². The average Bonchev–Trinajstić information content (AvgIpc) is 3.70. The molecule has 0 unspecified atom stereocenters. The number of nitrogens with zero attached hydrogens (tertiary/aromatic N) is 1. The Morgan fingerprint density at radius 1 is 0.385 bits per heavy atom. The first-order valence-corrected chi connectivity index (χ1v) is 16.9. The van der Waals surface area contributed by atoms with Crippen LogP contribution in [0.2, 0.25) is 0 Å². The van der Waals surface area contributed by atoms with E-state index in [1.807, 2.05) is 127 Å². The molecule has 0 radical (unpaired) electrons. The molecule has 0 aliphatic heterocycles. The Kier molecular flexibility index (Phi) is 4.96. The second kappa shape index (κ2) is 12.5. The summed E-state index contributed by atoms with van der Waals surface area (Å²) in [5.41, 5.74) is 5.17. The van der Waals surface area contributed by atoms with Crippen molar-refractivity contribution in [2.24, 2.45) is 0 Å². The zero-order valence-electron chi connectivity index (χ0n) is 38.6. The SMILES string of the molecule is [2H]c1c([2H])c(-c2c([2H])c([2H])c([2H])c3c([2H])c([2H])c([2H])c([2H])c23)c([2H])c(N(c2ccc(-c3cccc4ccccc34)cc2)c2ccc(-c3cccc4c3oc3ccccc34)cc2)c1[2H]. The van der Waals surface area contributed by atoms with Crippen molar-refractivity contribution in [2.45, 2.75) is 0 Å². The number of benzene rings is 9. The van der Waals surface area contributed by atoms with E-state index in [4.69, 9.17) is 16.8 Å². The van der Waals surface area contributed by atoms with Crippen LogP contribution in [0.5, 0.6) is 0 Å². The third-order valence-corrected chi connectivity index (χ3v) is 9.46. The number of rotatable bonds is 6. The molecule has 0 bridgehead atoms. The van der Waals surface area contributed by atoms with Gasteiger partial charge in [0.2, 0.25) is 0 Å². The number of para-hydroxylation sites is 2. The molecule has 1 heterocycles. The van der Waals surface area contributed by atoms with Crippen molar-refractivity contribution in [3.63, 3.8) is 0 Å². The quantitative estimate of drug-likeness (QED) is 0.175.